The van der Waals surface area contributed by atoms with Gasteiger partial charge in [0.2, 0.25) is 10.0 Å². The Labute approximate surface area is 182 Å². The van der Waals surface area contributed by atoms with E-state index in [2.05, 4.69) is 0 Å². The van der Waals surface area contributed by atoms with Gasteiger partial charge in [0.15, 0.2) is 11.5 Å². The number of carbonyl (C=O) groups is 1. The molecule has 11 heteroatoms. The summed E-state index contributed by atoms with van der Waals surface area (Å²) in [7, 11) is -4.60. The topological polar surface area (TPSA) is 122 Å². The van der Waals surface area contributed by atoms with Crippen molar-refractivity contribution in [2.24, 2.45) is 0 Å². The second-order valence-electron chi connectivity index (χ2n) is 7.10. The van der Waals surface area contributed by atoms with Crippen LogP contribution < -0.4 is 14.2 Å². The normalized spacial score (nSPS) is 22.0. The number of hydrogen-bond donors (Lipinski definition) is 3. The van der Waals surface area contributed by atoms with Crippen molar-refractivity contribution in [1.29, 1.82) is 0 Å². The number of sulfonamides is 1. The Morgan fingerprint density at radius 2 is 2.00 bits per heavy atom. The monoisotopic (exact) mass is 473 g/mol. The number of nitrogens with one attached hydrogen (secondary N) is 1. The first kappa shape index (κ1) is 21.2. The Hall–Kier alpha value is -2.04. The Bertz CT molecular complexity index is 1120. The van der Waals surface area contributed by atoms with E-state index in [1.807, 2.05) is 6.07 Å². The van der Waals surface area contributed by atoms with Crippen molar-refractivity contribution in [1.82, 2.24) is 4.72 Å². The predicted molar refractivity (Wildman–Crippen MR) is 107 cm³/mol. The van der Waals surface area contributed by atoms with E-state index in [1.54, 1.807) is 10.8 Å². The molecule has 2 aromatic rings. The summed E-state index contributed by atoms with van der Waals surface area (Å²) in [5.74, 6) is -4.90. The van der Waals surface area contributed by atoms with Crippen molar-refractivity contribution in [2.75, 3.05) is 0 Å². The maximum atomic E-state index is 12.7. The maximum Gasteiger partial charge on any atom is 0.395 e. The number of para-hydroxylation sites is 1. The second kappa shape index (κ2) is 7.58. The lowest BCUT2D eigenvalue weighted by Gasteiger charge is -2.26. The number of benzene rings is 2. The second-order valence-corrected chi connectivity index (χ2v) is 9.59. The molecule has 1 aliphatic heterocycles. The van der Waals surface area contributed by atoms with Crippen molar-refractivity contribution >= 4 is 39.2 Å². The number of hydrogen-bond acceptors (Lipinski definition) is 6. The molecule has 0 radical (unpaired) electrons. The van der Waals surface area contributed by atoms with Crippen LogP contribution in [0, 0.1) is 0 Å². The van der Waals surface area contributed by atoms with E-state index in [0.717, 1.165) is 30.9 Å². The van der Waals surface area contributed by atoms with Crippen LogP contribution in [0.25, 0.3) is 0 Å². The van der Waals surface area contributed by atoms with Crippen molar-refractivity contribution < 1.29 is 32.9 Å². The van der Waals surface area contributed by atoms with Crippen LogP contribution in [0.5, 0.6) is 11.5 Å². The molecule has 3 N–H and O–H groups in total. The standard InChI is InChI=1S/C19H17Cl2NO7S/c20-10-7-8-16(13(21)9-10)30(26,27)22-19(25,18(23)24)29-15-6-2-4-12-11-3-1-5-14(11)28-17(12)15/h2,4,6-9,11,14,22,25H,1,3,5H2,(H,23,24). The zero-order chi connectivity index (χ0) is 21.7. The largest absolute Gasteiger partial charge is 0.486 e. The summed E-state index contributed by atoms with van der Waals surface area (Å²) >= 11 is 11.7. The van der Waals surface area contributed by atoms with Gasteiger partial charge < -0.3 is 19.7 Å². The van der Waals surface area contributed by atoms with Gasteiger partial charge >= 0.3 is 11.9 Å². The molecule has 2 aliphatic rings. The summed E-state index contributed by atoms with van der Waals surface area (Å²) in [4.78, 5) is 11.3. The molecule has 3 atom stereocenters. The van der Waals surface area contributed by atoms with Crippen LogP contribution >= 0.6 is 23.2 Å². The molecule has 0 aromatic heterocycles. The zero-order valence-corrected chi connectivity index (χ0v) is 17.7. The molecular weight excluding hydrogens is 457 g/mol. The molecule has 4 rings (SSSR count). The van der Waals surface area contributed by atoms with Gasteiger partial charge in [0, 0.05) is 16.5 Å². The van der Waals surface area contributed by atoms with Gasteiger partial charge in [-0.3, -0.25) is 0 Å². The number of aliphatic carboxylic acids is 1. The van der Waals surface area contributed by atoms with Crippen LogP contribution in [0.4, 0.5) is 0 Å². The molecule has 0 spiro atoms. The highest BCUT2D eigenvalue weighted by Crippen LogP contribution is 2.51. The third-order valence-corrected chi connectivity index (χ3v) is 7.27. The fraction of sp³-hybridized carbons (Fsp3) is 0.316. The van der Waals surface area contributed by atoms with Gasteiger partial charge in [-0.25, -0.2) is 13.2 Å². The average Bonchev–Trinajstić information content (AvgIpc) is 3.23. The van der Waals surface area contributed by atoms with Crippen LogP contribution in [-0.4, -0.2) is 36.6 Å². The average molecular weight is 474 g/mol. The fourth-order valence-electron chi connectivity index (χ4n) is 3.80. The zero-order valence-electron chi connectivity index (χ0n) is 15.3. The molecule has 2 aromatic carbocycles. The lowest BCUT2D eigenvalue weighted by atomic mass is 9.97. The van der Waals surface area contributed by atoms with E-state index in [0.29, 0.717) is 5.75 Å². The molecule has 1 saturated carbocycles. The Morgan fingerprint density at radius 3 is 2.70 bits per heavy atom. The molecule has 1 fully saturated rings. The van der Waals surface area contributed by atoms with Crippen molar-refractivity contribution in [3.05, 3.63) is 52.0 Å². The predicted octanol–water partition coefficient (Wildman–Crippen LogP) is 3.11. The molecule has 0 bridgehead atoms. The summed E-state index contributed by atoms with van der Waals surface area (Å²) < 4.78 is 38.2. The smallest absolute Gasteiger partial charge is 0.395 e. The maximum absolute atomic E-state index is 12.7. The van der Waals surface area contributed by atoms with E-state index >= 15 is 0 Å². The van der Waals surface area contributed by atoms with E-state index in [4.69, 9.17) is 32.7 Å². The number of rotatable bonds is 6. The lowest BCUT2D eigenvalue weighted by Crippen LogP contribution is -2.58. The number of fused-ring (bicyclic) bond motifs is 3. The van der Waals surface area contributed by atoms with Gasteiger partial charge in [-0.05, 0) is 43.5 Å². The van der Waals surface area contributed by atoms with Crippen LogP contribution in [0.3, 0.4) is 0 Å². The minimum atomic E-state index is -4.60. The first-order valence-corrected chi connectivity index (χ1v) is 11.3. The molecular formula is C19H17Cl2NO7S. The minimum absolute atomic E-state index is 0.0489. The van der Waals surface area contributed by atoms with Gasteiger partial charge in [0.1, 0.15) is 11.0 Å². The molecule has 1 aliphatic carbocycles. The highest BCUT2D eigenvalue weighted by atomic mass is 35.5. The quantitative estimate of drug-likeness (QED) is 0.550. The highest BCUT2D eigenvalue weighted by Gasteiger charge is 2.47. The molecule has 160 valence electrons. The number of carboxylic acid groups (broad SMARTS) is 1. The first-order valence-electron chi connectivity index (χ1n) is 9.04. The van der Waals surface area contributed by atoms with Crippen LogP contribution in [0.15, 0.2) is 41.3 Å². The Kier molecular flexibility index (Phi) is 5.36. The molecule has 30 heavy (non-hydrogen) atoms. The minimum Gasteiger partial charge on any atom is -0.486 e. The van der Waals surface area contributed by atoms with Crippen molar-refractivity contribution in [3.63, 3.8) is 0 Å². The van der Waals surface area contributed by atoms with Gasteiger partial charge in [-0.1, -0.05) is 35.3 Å². The van der Waals surface area contributed by atoms with E-state index in [1.165, 1.54) is 18.2 Å². The Morgan fingerprint density at radius 1 is 1.23 bits per heavy atom. The van der Waals surface area contributed by atoms with E-state index in [9.17, 15) is 23.4 Å². The van der Waals surface area contributed by atoms with Gasteiger partial charge in [-0.2, -0.15) is 0 Å². The van der Waals surface area contributed by atoms with E-state index in [-0.39, 0.29) is 27.8 Å². The summed E-state index contributed by atoms with van der Waals surface area (Å²) in [6.45, 7) is 0. The van der Waals surface area contributed by atoms with Crippen LogP contribution in [-0.2, 0) is 14.8 Å². The highest BCUT2D eigenvalue weighted by molar-refractivity contribution is 7.89. The molecule has 1 heterocycles. The number of halogens is 2. The summed E-state index contributed by atoms with van der Waals surface area (Å²) in [6, 6.07) is 8.40. The molecule has 0 amide bonds. The first-order chi connectivity index (χ1) is 14.1. The third kappa shape index (κ3) is 3.72. The summed E-state index contributed by atoms with van der Waals surface area (Å²) in [5, 5.41) is 20.0. The fourth-order valence-corrected chi connectivity index (χ4v) is 5.68. The SMILES string of the molecule is O=C(O)C(O)(NS(=O)(=O)c1ccc(Cl)cc1Cl)Oc1cccc2c1OC1CCCC21. The van der Waals surface area contributed by atoms with Gasteiger partial charge in [0.05, 0.1) is 5.02 Å². The number of aliphatic hydroxyl groups is 1. The molecule has 8 nitrogen and oxygen atoms in total. The van der Waals surface area contributed by atoms with Crippen LogP contribution in [0.2, 0.25) is 10.0 Å². The Balaban J connectivity index is 1.66. The van der Waals surface area contributed by atoms with Gasteiger partial charge in [0.25, 0.3) is 0 Å². The van der Waals surface area contributed by atoms with E-state index < -0.39 is 26.8 Å². The molecule has 0 saturated heterocycles. The number of carboxylic acids is 1. The van der Waals surface area contributed by atoms with Crippen molar-refractivity contribution in [2.45, 2.75) is 42.1 Å². The summed E-state index contributed by atoms with van der Waals surface area (Å²) in [5.41, 5.74) is 0.839. The number of ether oxygens (including phenoxy) is 2. The third-order valence-electron chi connectivity index (χ3n) is 5.13. The van der Waals surface area contributed by atoms with Gasteiger partial charge in [-0.15, -0.1) is 4.72 Å². The molecule has 3 unspecified atom stereocenters. The summed E-state index contributed by atoms with van der Waals surface area (Å²) in [6.07, 6.45) is 2.74. The lowest BCUT2D eigenvalue weighted by molar-refractivity contribution is -0.197. The van der Waals surface area contributed by atoms with Crippen molar-refractivity contribution in [3.8, 4) is 11.5 Å². The van der Waals surface area contributed by atoms with Crippen LogP contribution in [0.1, 0.15) is 30.7 Å².